The van der Waals surface area contributed by atoms with Gasteiger partial charge in [-0.1, -0.05) is 37.5 Å². The van der Waals surface area contributed by atoms with Crippen LogP contribution in [0.4, 0.5) is 23.2 Å². The molecule has 1 unspecified atom stereocenters. The fourth-order valence-electron chi connectivity index (χ4n) is 3.88. The molecule has 2 aromatic rings. The van der Waals surface area contributed by atoms with Crippen molar-refractivity contribution in [2.45, 2.75) is 50.4 Å². The van der Waals surface area contributed by atoms with E-state index in [1.807, 2.05) is 5.92 Å². The lowest BCUT2D eigenvalue weighted by molar-refractivity contribution is -0.137. The Labute approximate surface area is 183 Å². The van der Waals surface area contributed by atoms with Crippen LogP contribution in [0.1, 0.15) is 49.3 Å². The van der Waals surface area contributed by atoms with Gasteiger partial charge in [0.2, 0.25) is 5.91 Å². The lowest BCUT2D eigenvalue weighted by Gasteiger charge is -2.32. The Morgan fingerprint density at radius 2 is 1.72 bits per heavy atom. The number of nitrogens with zero attached hydrogens (tertiary/aromatic N) is 1. The van der Waals surface area contributed by atoms with Crippen LogP contribution in [0.3, 0.4) is 0 Å². The van der Waals surface area contributed by atoms with Gasteiger partial charge >= 0.3 is 12.1 Å². The summed E-state index contributed by atoms with van der Waals surface area (Å²) < 4.78 is 53.4. The van der Waals surface area contributed by atoms with E-state index < -0.39 is 35.4 Å². The lowest BCUT2D eigenvalue weighted by Crippen LogP contribution is -2.47. The van der Waals surface area contributed by atoms with E-state index in [1.165, 1.54) is 18.2 Å². The molecule has 1 atom stereocenters. The lowest BCUT2D eigenvalue weighted by atomic mass is 9.94. The van der Waals surface area contributed by atoms with Crippen molar-refractivity contribution in [1.29, 1.82) is 0 Å². The first-order valence-electron chi connectivity index (χ1n) is 10.2. The van der Waals surface area contributed by atoms with Crippen molar-refractivity contribution in [3.63, 3.8) is 0 Å². The molecule has 1 aliphatic rings. The zero-order valence-electron chi connectivity index (χ0n) is 17.2. The zero-order valence-corrected chi connectivity index (χ0v) is 17.2. The second-order valence-electron chi connectivity index (χ2n) is 7.67. The smallest absolute Gasteiger partial charge is 0.351 e. The molecule has 0 aliphatic heterocycles. The molecule has 8 heteroatoms. The summed E-state index contributed by atoms with van der Waals surface area (Å²) in [5, 5.41) is 2.89. The molecule has 3 rings (SSSR count). The molecule has 1 fully saturated rings. The van der Waals surface area contributed by atoms with Crippen molar-refractivity contribution >= 4 is 17.5 Å². The number of benzene rings is 2. The molecule has 1 N–H and O–H groups in total. The number of amides is 2. The third kappa shape index (κ3) is 5.47. The van der Waals surface area contributed by atoms with Crippen LogP contribution in [-0.4, -0.2) is 17.9 Å². The Kier molecular flexibility index (Phi) is 7.18. The molecule has 168 valence electrons. The number of terminal acetylenes is 1. The second kappa shape index (κ2) is 9.86. The van der Waals surface area contributed by atoms with Crippen molar-refractivity contribution in [2.75, 3.05) is 4.90 Å². The fraction of sp³-hybridized carbons (Fsp3) is 0.333. The molecule has 0 spiro atoms. The van der Waals surface area contributed by atoms with Gasteiger partial charge in [-0.3, -0.25) is 14.5 Å². The van der Waals surface area contributed by atoms with E-state index in [9.17, 15) is 27.2 Å². The van der Waals surface area contributed by atoms with E-state index >= 15 is 0 Å². The zero-order chi connectivity index (χ0) is 23.3. The minimum absolute atomic E-state index is 0.122. The molecule has 0 saturated heterocycles. The van der Waals surface area contributed by atoms with E-state index in [1.54, 1.807) is 0 Å². The van der Waals surface area contributed by atoms with E-state index in [-0.39, 0.29) is 17.3 Å². The number of hydrogen-bond donors (Lipinski definition) is 1. The normalized spacial score (nSPS) is 15.5. The third-order valence-electron chi connectivity index (χ3n) is 5.44. The predicted octanol–water partition coefficient (Wildman–Crippen LogP) is 5.00. The molecular weight excluding hydrogens is 424 g/mol. The van der Waals surface area contributed by atoms with Crippen LogP contribution in [0.5, 0.6) is 0 Å². The van der Waals surface area contributed by atoms with Crippen LogP contribution in [0.25, 0.3) is 0 Å². The highest BCUT2D eigenvalue weighted by Gasteiger charge is 2.36. The number of hydrogen-bond acceptors (Lipinski definition) is 2. The van der Waals surface area contributed by atoms with Crippen LogP contribution in [0, 0.1) is 18.2 Å². The number of alkyl halides is 3. The molecule has 0 radical (unpaired) electrons. The van der Waals surface area contributed by atoms with Crippen molar-refractivity contribution in [3.05, 3.63) is 65.5 Å². The largest absolute Gasteiger partial charge is 0.416 e. The van der Waals surface area contributed by atoms with Crippen LogP contribution < -0.4 is 10.2 Å². The van der Waals surface area contributed by atoms with Gasteiger partial charge in [0, 0.05) is 11.7 Å². The average molecular weight is 446 g/mol. The molecule has 1 aliphatic carbocycles. The maximum absolute atomic E-state index is 13.5. The molecule has 0 bridgehead atoms. The summed E-state index contributed by atoms with van der Waals surface area (Å²) in [6.45, 7) is 0. The minimum atomic E-state index is -4.66. The molecule has 32 heavy (non-hydrogen) atoms. The van der Waals surface area contributed by atoms with Gasteiger partial charge < -0.3 is 5.32 Å². The van der Waals surface area contributed by atoms with E-state index in [0.717, 1.165) is 67.3 Å². The molecule has 1 saturated carbocycles. The average Bonchev–Trinajstić information content (AvgIpc) is 2.78. The molecule has 2 amide bonds. The van der Waals surface area contributed by atoms with Crippen molar-refractivity contribution in [3.8, 4) is 12.3 Å². The fourth-order valence-corrected chi connectivity index (χ4v) is 3.88. The first kappa shape index (κ1) is 23.3. The quantitative estimate of drug-likeness (QED) is 0.519. The van der Waals surface area contributed by atoms with Crippen LogP contribution >= 0.6 is 0 Å². The van der Waals surface area contributed by atoms with Gasteiger partial charge in [0.05, 0.1) is 5.56 Å². The van der Waals surface area contributed by atoms with E-state index in [0.29, 0.717) is 0 Å². The molecule has 2 aromatic carbocycles. The topological polar surface area (TPSA) is 49.4 Å². The Morgan fingerprint density at radius 1 is 1.06 bits per heavy atom. The summed E-state index contributed by atoms with van der Waals surface area (Å²) in [5.41, 5.74) is -0.952. The van der Waals surface area contributed by atoms with Gasteiger partial charge in [-0.25, -0.2) is 4.39 Å². The van der Waals surface area contributed by atoms with Gasteiger partial charge in [-0.15, -0.1) is 6.42 Å². The van der Waals surface area contributed by atoms with Crippen LogP contribution in [0.15, 0.2) is 48.5 Å². The number of anilines is 1. The monoisotopic (exact) mass is 446 g/mol. The highest BCUT2D eigenvalue weighted by molar-refractivity contribution is 6.09. The maximum atomic E-state index is 13.5. The van der Waals surface area contributed by atoms with Gasteiger partial charge in [0.15, 0.2) is 0 Å². The Morgan fingerprint density at radius 3 is 2.31 bits per heavy atom. The molecule has 4 nitrogen and oxygen atoms in total. The number of carbonyl (C=O) groups excluding carboxylic acids is 2. The standard InChI is InChI=1S/C24H22F4N2O2/c1-2-21(31)30(20-10-6-7-17(15-20)24(26,27)28)22(16-11-13-18(25)14-12-16)23(32)29-19-8-4-3-5-9-19/h1,6-7,10-15,19,22H,3-5,8-9H2,(H,29,32). The number of carbonyl (C=O) groups is 2. The summed E-state index contributed by atoms with van der Waals surface area (Å²) in [4.78, 5) is 26.9. The second-order valence-corrected chi connectivity index (χ2v) is 7.67. The minimum Gasteiger partial charge on any atom is -0.351 e. The van der Waals surface area contributed by atoms with Crippen LogP contribution in [-0.2, 0) is 15.8 Å². The molecular formula is C24H22F4N2O2. The summed E-state index contributed by atoms with van der Waals surface area (Å²) in [6, 6.07) is 7.38. The number of nitrogens with one attached hydrogen (secondary N) is 1. The van der Waals surface area contributed by atoms with Crippen LogP contribution in [0.2, 0.25) is 0 Å². The SMILES string of the molecule is C#CC(=O)N(c1cccc(C(F)(F)F)c1)C(C(=O)NC1CCCCC1)c1ccc(F)cc1. The van der Waals surface area contributed by atoms with Crippen molar-refractivity contribution in [2.24, 2.45) is 0 Å². The van der Waals surface area contributed by atoms with Crippen molar-refractivity contribution in [1.82, 2.24) is 5.32 Å². The highest BCUT2D eigenvalue weighted by Crippen LogP contribution is 2.35. The Bertz CT molecular complexity index is 1010. The van der Waals surface area contributed by atoms with Gasteiger partial charge in [-0.2, -0.15) is 13.2 Å². The number of rotatable bonds is 5. The molecule has 0 heterocycles. The van der Waals surface area contributed by atoms with E-state index in [4.69, 9.17) is 6.42 Å². The summed E-state index contributed by atoms with van der Waals surface area (Å²) in [6.07, 6.45) is 5.09. The maximum Gasteiger partial charge on any atom is 0.416 e. The number of halogens is 4. The van der Waals surface area contributed by atoms with Gasteiger partial charge in [-0.05, 0) is 54.7 Å². The van der Waals surface area contributed by atoms with Crippen molar-refractivity contribution < 1.29 is 27.2 Å². The summed E-state index contributed by atoms with van der Waals surface area (Å²) >= 11 is 0. The Hall–Kier alpha value is -3.34. The first-order valence-corrected chi connectivity index (χ1v) is 10.2. The third-order valence-corrected chi connectivity index (χ3v) is 5.44. The van der Waals surface area contributed by atoms with E-state index in [2.05, 4.69) is 5.32 Å². The summed E-state index contributed by atoms with van der Waals surface area (Å²) in [5.74, 6) is -0.249. The van der Waals surface area contributed by atoms with Gasteiger partial charge in [0.25, 0.3) is 0 Å². The predicted molar refractivity (Wildman–Crippen MR) is 112 cm³/mol. The highest BCUT2D eigenvalue weighted by atomic mass is 19.4. The van der Waals surface area contributed by atoms with Gasteiger partial charge in [0.1, 0.15) is 11.9 Å². The molecule has 0 aromatic heterocycles. The first-order chi connectivity index (χ1) is 15.2. The summed E-state index contributed by atoms with van der Waals surface area (Å²) in [7, 11) is 0. The Balaban J connectivity index is 2.07.